The van der Waals surface area contributed by atoms with Crippen LogP contribution >= 0.6 is 0 Å². The van der Waals surface area contributed by atoms with Crippen molar-refractivity contribution in [3.05, 3.63) is 59.7 Å². The highest BCUT2D eigenvalue weighted by molar-refractivity contribution is 5.78. The minimum absolute atomic E-state index is 0.00214. The summed E-state index contributed by atoms with van der Waals surface area (Å²) in [6.45, 7) is 10.7. The van der Waals surface area contributed by atoms with Crippen LogP contribution in [0.25, 0.3) is 0 Å². The van der Waals surface area contributed by atoms with E-state index in [9.17, 15) is 4.79 Å². The number of carbonyl (C=O) groups excluding carboxylic acids is 1. The molecule has 2 aromatic carbocycles. The first-order valence-corrected chi connectivity index (χ1v) is 9.86. The Morgan fingerprint density at radius 2 is 1.68 bits per heavy atom. The quantitative estimate of drug-likeness (QED) is 0.675. The number of ether oxygens (including phenoxy) is 2. The van der Waals surface area contributed by atoms with Gasteiger partial charge in [0.05, 0.1) is 13.2 Å². The lowest BCUT2D eigenvalue weighted by Crippen LogP contribution is -2.33. The van der Waals surface area contributed by atoms with Crippen LogP contribution in [-0.2, 0) is 10.2 Å². The maximum Gasteiger partial charge on any atom is 0.258 e. The minimum Gasteiger partial charge on any atom is -0.497 e. The van der Waals surface area contributed by atoms with E-state index >= 15 is 0 Å². The molecule has 0 saturated heterocycles. The second-order valence-electron chi connectivity index (χ2n) is 8.56. The third kappa shape index (κ3) is 6.29. The van der Waals surface area contributed by atoms with Gasteiger partial charge in [0.2, 0.25) is 0 Å². The zero-order valence-electron chi connectivity index (χ0n) is 17.9. The minimum atomic E-state index is -0.120. The third-order valence-electron chi connectivity index (χ3n) is 4.61. The van der Waals surface area contributed by atoms with Crippen LogP contribution in [0.15, 0.2) is 48.5 Å². The average Bonchev–Trinajstić information content (AvgIpc) is 2.65. The monoisotopic (exact) mass is 383 g/mol. The molecule has 4 nitrogen and oxygen atoms in total. The Morgan fingerprint density at radius 3 is 2.25 bits per heavy atom. The number of rotatable bonds is 8. The molecule has 0 radical (unpaired) electrons. The van der Waals surface area contributed by atoms with Crippen LogP contribution in [0.1, 0.15) is 58.2 Å². The van der Waals surface area contributed by atoms with E-state index in [-0.39, 0.29) is 24.0 Å². The topological polar surface area (TPSA) is 47.6 Å². The summed E-state index contributed by atoms with van der Waals surface area (Å²) in [4.78, 5) is 12.6. The highest BCUT2D eigenvalue weighted by Crippen LogP contribution is 2.31. The summed E-state index contributed by atoms with van der Waals surface area (Å²) < 4.78 is 11.1. The molecule has 0 aliphatic heterocycles. The Morgan fingerprint density at radius 1 is 1.04 bits per heavy atom. The molecule has 0 saturated carbocycles. The first-order valence-electron chi connectivity index (χ1n) is 9.86. The van der Waals surface area contributed by atoms with E-state index in [1.807, 2.05) is 48.5 Å². The van der Waals surface area contributed by atoms with Crippen LogP contribution in [0.5, 0.6) is 11.5 Å². The van der Waals surface area contributed by atoms with E-state index in [0.717, 1.165) is 29.0 Å². The molecule has 1 amide bonds. The van der Waals surface area contributed by atoms with Crippen LogP contribution in [-0.4, -0.2) is 19.6 Å². The smallest absolute Gasteiger partial charge is 0.258 e. The second kappa shape index (κ2) is 9.63. The predicted molar refractivity (Wildman–Crippen MR) is 114 cm³/mol. The molecular weight excluding hydrogens is 350 g/mol. The van der Waals surface area contributed by atoms with Crippen molar-refractivity contribution in [1.29, 1.82) is 0 Å². The van der Waals surface area contributed by atoms with Crippen molar-refractivity contribution in [1.82, 2.24) is 5.32 Å². The molecule has 2 rings (SSSR count). The first-order chi connectivity index (χ1) is 13.2. The Hall–Kier alpha value is -2.49. The van der Waals surface area contributed by atoms with Gasteiger partial charge in [-0.3, -0.25) is 4.79 Å². The first kappa shape index (κ1) is 21.8. The van der Waals surface area contributed by atoms with Gasteiger partial charge in [0.25, 0.3) is 5.91 Å². The Kier molecular flexibility index (Phi) is 7.50. The van der Waals surface area contributed by atoms with Gasteiger partial charge in [0.1, 0.15) is 11.5 Å². The fourth-order valence-electron chi connectivity index (χ4n) is 3.18. The molecule has 0 aliphatic carbocycles. The van der Waals surface area contributed by atoms with Gasteiger partial charge in [-0.25, -0.2) is 0 Å². The lowest BCUT2D eigenvalue weighted by atomic mass is 9.86. The number of para-hydroxylation sites is 1. The molecule has 2 aromatic rings. The van der Waals surface area contributed by atoms with Crippen LogP contribution < -0.4 is 14.8 Å². The summed E-state index contributed by atoms with van der Waals surface area (Å²) in [5, 5.41) is 3.13. The highest BCUT2D eigenvalue weighted by atomic mass is 16.5. The largest absolute Gasteiger partial charge is 0.497 e. The molecule has 0 spiro atoms. The zero-order chi connectivity index (χ0) is 20.7. The number of hydrogen-bond donors (Lipinski definition) is 1. The number of benzene rings is 2. The van der Waals surface area contributed by atoms with Crippen LogP contribution in [0.4, 0.5) is 0 Å². The van der Waals surface area contributed by atoms with Crippen molar-refractivity contribution < 1.29 is 14.3 Å². The molecule has 4 heteroatoms. The third-order valence-corrected chi connectivity index (χ3v) is 4.61. The number of carbonyl (C=O) groups is 1. The normalized spacial score (nSPS) is 12.5. The van der Waals surface area contributed by atoms with Gasteiger partial charge in [0.15, 0.2) is 6.61 Å². The van der Waals surface area contributed by atoms with Crippen molar-refractivity contribution in [2.45, 2.75) is 52.5 Å². The van der Waals surface area contributed by atoms with E-state index in [1.54, 1.807) is 7.11 Å². The lowest BCUT2D eigenvalue weighted by Gasteiger charge is -2.24. The van der Waals surface area contributed by atoms with Crippen molar-refractivity contribution in [2.75, 3.05) is 13.7 Å². The van der Waals surface area contributed by atoms with Gasteiger partial charge in [-0.1, -0.05) is 65.0 Å². The SMILES string of the molecule is COc1ccc([C@H](CC(C)C)NC(=O)COc2ccccc2C(C)(C)C)cc1. The standard InChI is InChI=1S/C24H33NO3/c1-17(2)15-21(18-11-13-19(27-6)14-12-18)25-23(26)16-28-22-10-8-7-9-20(22)24(3,4)5/h7-14,17,21H,15-16H2,1-6H3,(H,25,26)/t21-/m0/s1. The Bertz CT molecular complexity index is 760. The maximum absolute atomic E-state index is 12.6. The van der Waals surface area contributed by atoms with Crippen LogP contribution in [0, 0.1) is 5.92 Å². The van der Waals surface area contributed by atoms with Crippen molar-refractivity contribution in [3.63, 3.8) is 0 Å². The van der Waals surface area contributed by atoms with Gasteiger partial charge in [0, 0.05) is 0 Å². The molecule has 0 unspecified atom stereocenters. The van der Waals surface area contributed by atoms with Crippen LogP contribution in [0.3, 0.4) is 0 Å². The van der Waals surface area contributed by atoms with Gasteiger partial charge >= 0.3 is 0 Å². The van der Waals surface area contributed by atoms with Gasteiger partial charge in [-0.2, -0.15) is 0 Å². The van der Waals surface area contributed by atoms with Crippen molar-refractivity contribution in [2.24, 2.45) is 5.92 Å². The van der Waals surface area contributed by atoms with Gasteiger partial charge in [-0.15, -0.1) is 0 Å². The Labute approximate surface area is 169 Å². The predicted octanol–water partition coefficient (Wildman–Crippen LogP) is 5.28. The molecule has 0 heterocycles. The summed E-state index contributed by atoms with van der Waals surface area (Å²) >= 11 is 0. The fraction of sp³-hybridized carbons (Fsp3) is 0.458. The zero-order valence-corrected chi connectivity index (χ0v) is 17.9. The summed E-state index contributed by atoms with van der Waals surface area (Å²) in [6, 6.07) is 15.7. The highest BCUT2D eigenvalue weighted by Gasteiger charge is 2.20. The van der Waals surface area contributed by atoms with Gasteiger partial charge < -0.3 is 14.8 Å². The van der Waals surface area contributed by atoms with Crippen molar-refractivity contribution in [3.8, 4) is 11.5 Å². The number of methoxy groups -OCH3 is 1. The number of hydrogen-bond acceptors (Lipinski definition) is 3. The molecule has 0 aromatic heterocycles. The summed E-state index contributed by atoms with van der Waals surface area (Å²) in [7, 11) is 1.65. The fourth-order valence-corrected chi connectivity index (χ4v) is 3.18. The lowest BCUT2D eigenvalue weighted by molar-refractivity contribution is -0.124. The summed E-state index contributed by atoms with van der Waals surface area (Å²) in [5.74, 6) is 1.90. The molecule has 1 N–H and O–H groups in total. The summed E-state index contributed by atoms with van der Waals surface area (Å²) in [5.41, 5.74) is 2.12. The van der Waals surface area contributed by atoms with E-state index in [4.69, 9.17) is 9.47 Å². The molecular formula is C24H33NO3. The molecule has 1 atom stereocenters. The van der Waals surface area contributed by atoms with E-state index < -0.39 is 0 Å². The van der Waals surface area contributed by atoms with Crippen molar-refractivity contribution >= 4 is 5.91 Å². The molecule has 152 valence electrons. The number of amides is 1. The molecule has 0 fully saturated rings. The van der Waals surface area contributed by atoms with Gasteiger partial charge in [-0.05, 0) is 47.1 Å². The second-order valence-corrected chi connectivity index (χ2v) is 8.56. The van der Waals surface area contributed by atoms with Crippen LogP contribution in [0.2, 0.25) is 0 Å². The molecule has 28 heavy (non-hydrogen) atoms. The summed E-state index contributed by atoms with van der Waals surface area (Å²) in [6.07, 6.45) is 0.858. The maximum atomic E-state index is 12.6. The molecule has 0 aliphatic rings. The average molecular weight is 384 g/mol. The Balaban J connectivity index is 2.06. The van der Waals surface area contributed by atoms with E-state index in [1.165, 1.54) is 0 Å². The number of nitrogens with one attached hydrogen (secondary N) is 1. The molecule has 0 bridgehead atoms. The van der Waals surface area contributed by atoms with E-state index in [2.05, 4.69) is 39.9 Å². The van der Waals surface area contributed by atoms with E-state index in [0.29, 0.717) is 5.92 Å².